The van der Waals surface area contributed by atoms with E-state index in [1.807, 2.05) is 36.9 Å². The SMILES string of the molecule is Cc1n[nH]c(C)c1C(=O)N1CCc2c(N)cccc2C1. The lowest BCUT2D eigenvalue weighted by molar-refractivity contribution is 0.0733. The Balaban J connectivity index is 1.89. The van der Waals surface area contributed by atoms with E-state index in [0.29, 0.717) is 18.7 Å². The number of hydrogen-bond acceptors (Lipinski definition) is 3. The average molecular weight is 270 g/mol. The first-order chi connectivity index (χ1) is 9.58. The molecule has 3 rings (SSSR count). The minimum Gasteiger partial charge on any atom is -0.398 e. The van der Waals surface area contributed by atoms with E-state index < -0.39 is 0 Å². The number of benzene rings is 1. The van der Waals surface area contributed by atoms with Crippen LogP contribution in [0.4, 0.5) is 5.69 Å². The zero-order valence-corrected chi connectivity index (χ0v) is 11.7. The Morgan fingerprint density at radius 2 is 2.20 bits per heavy atom. The molecule has 5 heteroatoms. The molecule has 1 aromatic carbocycles. The number of anilines is 1. The van der Waals surface area contributed by atoms with Crippen molar-refractivity contribution >= 4 is 11.6 Å². The zero-order chi connectivity index (χ0) is 14.3. The molecule has 5 nitrogen and oxygen atoms in total. The number of carbonyl (C=O) groups is 1. The van der Waals surface area contributed by atoms with Gasteiger partial charge in [0.1, 0.15) is 0 Å². The van der Waals surface area contributed by atoms with Gasteiger partial charge in [0.25, 0.3) is 5.91 Å². The number of nitrogen functional groups attached to an aromatic ring is 1. The fourth-order valence-corrected chi connectivity index (χ4v) is 2.84. The van der Waals surface area contributed by atoms with Gasteiger partial charge in [0.05, 0.1) is 11.3 Å². The summed E-state index contributed by atoms with van der Waals surface area (Å²) in [7, 11) is 0. The highest BCUT2D eigenvalue weighted by atomic mass is 16.2. The molecule has 104 valence electrons. The van der Waals surface area contributed by atoms with E-state index in [0.717, 1.165) is 29.1 Å². The van der Waals surface area contributed by atoms with Crippen molar-refractivity contribution in [3.05, 3.63) is 46.3 Å². The number of nitrogens with zero attached hydrogens (tertiary/aromatic N) is 2. The number of carbonyl (C=O) groups excluding carboxylic acids is 1. The molecule has 2 aromatic rings. The van der Waals surface area contributed by atoms with E-state index in [1.165, 1.54) is 5.56 Å². The van der Waals surface area contributed by atoms with E-state index >= 15 is 0 Å². The number of aryl methyl sites for hydroxylation is 2. The molecule has 1 aliphatic rings. The van der Waals surface area contributed by atoms with Crippen LogP contribution >= 0.6 is 0 Å². The molecule has 0 fully saturated rings. The Kier molecular flexibility index (Phi) is 2.97. The van der Waals surface area contributed by atoms with Crippen molar-refractivity contribution in [1.82, 2.24) is 15.1 Å². The number of nitrogens with one attached hydrogen (secondary N) is 1. The average Bonchev–Trinajstić information content (AvgIpc) is 2.77. The molecule has 1 aliphatic heterocycles. The Morgan fingerprint density at radius 3 is 2.90 bits per heavy atom. The number of H-pyrrole nitrogens is 1. The number of rotatable bonds is 1. The lowest BCUT2D eigenvalue weighted by Gasteiger charge is -2.29. The molecule has 0 spiro atoms. The van der Waals surface area contributed by atoms with Crippen LogP contribution in [-0.2, 0) is 13.0 Å². The molecule has 0 aliphatic carbocycles. The van der Waals surface area contributed by atoms with Crippen LogP contribution in [0.2, 0.25) is 0 Å². The largest absolute Gasteiger partial charge is 0.398 e. The maximum absolute atomic E-state index is 12.6. The molecule has 2 heterocycles. The molecular formula is C15H18N4O. The second kappa shape index (κ2) is 4.67. The first-order valence-electron chi connectivity index (χ1n) is 6.75. The third-order valence-electron chi connectivity index (χ3n) is 3.93. The van der Waals surface area contributed by atoms with E-state index in [4.69, 9.17) is 5.73 Å². The van der Waals surface area contributed by atoms with Crippen LogP contribution in [0.15, 0.2) is 18.2 Å². The van der Waals surface area contributed by atoms with Crippen molar-refractivity contribution < 1.29 is 4.79 Å². The summed E-state index contributed by atoms with van der Waals surface area (Å²) in [6.45, 7) is 5.04. The predicted octanol–water partition coefficient (Wildman–Crippen LogP) is 1.81. The lowest BCUT2D eigenvalue weighted by Crippen LogP contribution is -2.36. The van der Waals surface area contributed by atoms with Crippen molar-refractivity contribution in [2.24, 2.45) is 0 Å². The number of amides is 1. The van der Waals surface area contributed by atoms with Gasteiger partial charge < -0.3 is 10.6 Å². The Labute approximate surface area is 117 Å². The highest BCUT2D eigenvalue weighted by Crippen LogP contribution is 2.25. The second-order valence-corrected chi connectivity index (χ2v) is 5.27. The van der Waals surface area contributed by atoms with Gasteiger partial charge in [-0.15, -0.1) is 0 Å². The van der Waals surface area contributed by atoms with E-state index in [2.05, 4.69) is 10.2 Å². The van der Waals surface area contributed by atoms with Crippen molar-refractivity contribution in [2.75, 3.05) is 12.3 Å². The molecule has 0 saturated heterocycles. The van der Waals surface area contributed by atoms with Gasteiger partial charge in [-0.1, -0.05) is 12.1 Å². The van der Waals surface area contributed by atoms with Crippen molar-refractivity contribution in [3.8, 4) is 0 Å². The van der Waals surface area contributed by atoms with Crippen LogP contribution in [0.3, 0.4) is 0 Å². The number of aromatic amines is 1. The fourth-order valence-electron chi connectivity index (χ4n) is 2.84. The van der Waals surface area contributed by atoms with Crippen LogP contribution in [0.1, 0.15) is 32.9 Å². The Hall–Kier alpha value is -2.30. The van der Waals surface area contributed by atoms with Crippen molar-refractivity contribution in [2.45, 2.75) is 26.8 Å². The van der Waals surface area contributed by atoms with Crippen LogP contribution < -0.4 is 5.73 Å². The van der Waals surface area contributed by atoms with Crippen molar-refractivity contribution in [3.63, 3.8) is 0 Å². The summed E-state index contributed by atoms with van der Waals surface area (Å²) >= 11 is 0. The standard InChI is InChI=1S/C15H18N4O/c1-9-14(10(2)18-17-9)15(20)19-7-6-12-11(8-19)4-3-5-13(12)16/h3-5H,6-8,16H2,1-2H3,(H,17,18). The molecule has 1 amide bonds. The van der Waals surface area contributed by atoms with Gasteiger partial charge in [0.15, 0.2) is 0 Å². The van der Waals surface area contributed by atoms with Crippen LogP contribution in [-0.4, -0.2) is 27.5 Å². The normalized spacial score (nSPS) is 14.2. The summed E-state index contributed by atoms with van der Waals surface area (Å²) in [4.78, 5) is 14.5. The third-order valence-corrected chi connectivity index (χ3v) is 3.93. The number of nitrogens with two attached hydrogens (primary N) is 1. The minimum atomic E-state index is 0.0434. The van der Waals surface area contributed by atoms with Crippen LogP contribution in [0.5, 0.6) is 0 Å². The summed E-state index contributed by atoms with van der Waals surface area (Å²) in [5.41, 5.74) is 11.4. The molecule has 1 aromatic heterocycles. The summed E-state index contributed by atoms with van der Waals surface area (Å²) in [6.07, 6.45) is 0.809. The smallest absolute Gasteiger partial charge is 0.257 e. The first kappa shape index (κ1) is 12.7. The lowest BCUT2D eigenvalue weighted by atomic mass is 9.97. The number of hydrogen-bond donors (Lipinski definition) is 2. The van der Waals surface area contributed by atoms with Crippen LogP contribution in [0, 0.1) is 13.8 Å². The van der Waals surface area contributed by atoms with E-state index in [-0.39, 0.29) is 5.91 Å². The first-order valence-corrected chi connectivity index (χ1v) is 6.75. The fraction of sp³-hybridized carbons (Fsp3) is 0.333. The number of aromatic nitrogens is 2. The molecule has 3 N–H and O–H groups in total. The molecule has 0 bridgehead atoms. The van der Waals surface area contributed by atoms with Crippen molar-refractivity contribution in [1.29, 1.82) is 0 Å². The van der Waals surface area contributed by atoms with Gasteiger partial charge in [0.2, 0.25) is 0 Å². The molecule has 0 radical (unpaired) electrons. The topological polar surface area (TPSA) is 75.0 Å². The number of fused-ring (bicyclic) bond motifs is 1. The van der Waals surface area contributed by atoms with Gasteiger partial charge in [-0.25, -0.2) is 0 Å². The maximum atomic E-state index is 12.6. The predicted molar refractivity (Wildman–Crippen MR) is 77.4 cm³/mol. The van der Waals surface area contributed by atoms with Gasteiger partial charge in [-0.05, 0) is 37.5 Å². The summed E-state index contributed by atoms with van der Waals surface area (Å²) in [6, 6.07) is 5.90. The summed E-state index contributed by atoms with van der Waals surface area (Å²) in [5, 5.41) is 6.97. The molecule has 0 saturated carbocycles. The van der Waals surface area contributed by atoms with Gasteiger partial charge in [-0.2, -0.15) is 5.10 Å². The van der Waals surface area contributed by atoms with Gasteiger partial charge in [-0.3, -0.25) is 9.89 Å². The van der Waals surface area contributed by atoms with Gasteiger partial charge >= 0.3 is 0 Å². The summed E-state index contributed by atoms with van der Waals surface area (Å²) < 4.78 is 0. The molecular weight excluding hydrogens is 252 g/mol. The maximum Gasteiger partial charge on any atom is 0.257 e. The molecule has 0 atom stereocenters. The third kappa shape index (κ3) is 1.95. The second-order valence-electron chi connectivity index (χ2n) is 5.27. The zero-order valence-electron chi connectivity index (χ0n) is 11.7. The molecule has 0 unspecified atom stereocenters. The quantitative estimate of drug-likeness (QED) is 0.776. The van der Waals surface area contributed by atoms with E-state index in [9.17, 15) is 4.79 Å². The summed E-state index contributed by atoms with van der Waals surface area (Å²) in [5.74, 6) is 0.0434. The monoisotopic (exact) mass is 270 g/mol. The molecule has 20 heavy (non-hydrogen) atoms. The minimum absolute atomic E-state index is 0.0434. The Morgan fingerprint density at radius 1 is 1.40 bits per heavy atom. The van der Waals surface area contributed by atoms with E-state index in [1.54, 1.807) is 0 Å². The highest BCUT2D eigenvalue weighted by Gasteiger charge is 2.25. The highest BCUT2D eigenvalue weighted by molar-refractivity contribution is 5.96. The van der Waals surface area contributed by atoms with Gasteiger partial charge in [0, 0.05) is 24.5 Å². The van der Waals surface area contributed by atoms with Crippen LogP contribution in [0.25, 0.3) is 0 Å². The Bertz CT molecular complexity index is 655.